The Kier molecular flexibility index (Phi) is 4.28. The third-order valence-corrected chi connectivity index (χ3v) is 2.69. The Morgan fingerprint density at radius 3 is 2.88 bits per heavy atom. The van der Waals surface area contributed by atoms with Gasteiger partial charge >= 0.3 is 18.9 Å². The van der Waals surface area contributed by atoms with Gasteiger partial charge in [0.05, 0.1) is 0 Å². The number of rotatable bonds is 2. The van der Waals surface area contributed by atoms with Crippen LogP contribution in [0.5, 0.6) is 0 Å². The van der Waals surface area contributed by atoms with Gasteiger partial charge in [-0.3, -0.25) is 14.6 Å². The number of carbonyl (C=O) groups is 2. The SMILES string of the molecule is CN1CCC(C(=O)c2cccnc2)C1=O.[H-].[Li+]. The molecule has 0 spiro atoms. The first kappa shape index (κ1) is 13.0. The van der Waals surface area contributed by atoms with E-state index in [0.29, 0.717) is 18.5 Å². The van der Waals surface area contributed by atoms with Crippen LogP contribution in [-0.2, 0) is 4.79 Å². The molecule has 0 aromatic carbocycles. The summed E-state index contributed by atoms with van der Waals surface area (Å²) in [4.78, 5) is 29.0. The van der Waals surface area contributed by atoms with Crippen LogP contribution in [0.25, 0.3) is 0 Å². The van der Waals surface area contributed by atoms with E-state index in [9.17, 15) is 9.59 Å². The smallest absolute Gasteiger partial charge is 1.00 e. The molecule has 1 aliphatic heterocycles. The van der Waals surface area contributed by atoms with E-state index in [0.717, 1.165) is 0 Å². The van der Waals surface area contributed by atoms with E-state index in [-0.39, 0.29) is 32.0 Å². The number of amides is 1. The van der Waals surface area contributed by atoms with Crippen molar-refractivity contribution in [1.82, 2.24) is 9.88 Å². The first-order valence-electron chi connectivity index (χ1n) is 4.89. The molecule has 16 heavy (non-hydrogen) atoms. The summed E-state index contributed by atoms with van der Waals surface area (Å²) >= 11 is 0. The zero-order valence-electron chi connectivity index (χ0n) is 10.5. The van der Waals surface area contributed by atoms with Crippen molar-refractivity contribution in [3.63, 3.8) is 0 Å². The summed E-state index contributed by atoms with van der Waals surface area (Å²) in [6, 6.07) is 3.40. The molecule has 0 radical (unpaired) electrons. The van der Waals surface area contributed by atoms with E-state index in [4.69, 9.17) is 0 Å². The van der Waals surface area contributed by atoms with E-state index in [1.807, 2.05) is 0 Å². The molecule has 80 valence electrons. The summed E-state index contributed by atoms with van der Waals surface area (Å²) < 4.78 is 0. The standard InChI is InChI=1S/C11H12N2O2.Li.H/c1-13-6-4-9(11(13)15)10(14)8-3-2-5-12-7-8;;/h2-3,5,7,9H,4,6H2,1H3;;/q;+1;-1. The monoisotopic (exact) mass is 212 g/mol. The molecule has 1 amide bonds. The number of ketones is 1. The predicted molar refractivity (Wildman–Crippen MR) is 55.4 cm³/mol. The molecule has 1 saturated heterocycles. The molecule has 1 aromatic rings. The molecule has 0 aliphatic carbocycles. The van der Waals surface area contributed by atoms with Gasteiger partial charge in [0, 0.05) is 31.5 Å². The second-order valence-corrected chi connectivity index (χ2v) is 3.71. The zero-order chi connectivity index (χ0) is 10.8. The largest absolute Gasteiger partial charge is 1.00 e. The zero-order valence-corrected chi connectivity index (χ0v) is 9.51. The third-order valence-electron chi connectivity index (χ3n) is 2.69. The molecular formula is C11H13LiN2O2. The van der Waals surface area contributed by atoms with Crippen molar-refractivity contribution in [3.05, 3.63) is 30.1 Å². The fourth-order valence-electron chi connectivity index (χ4n) is 1.78. The number of Topliss-reactive ketones (excluding diaryl/α,β-unsaturated/α-hetero) is 1. The van der Waals surface area contributed by atoms with Crippen molar-refractivity contribution in [2.45, 2.75) is 6.42 Å². The van der Waals surface area contributed by atoms with Crippen LogP contribution in [0.15, 0.2) is 24.5 Å². The van der Waals surface area contributed by atoms with Gasteiger partial charge in [0.25, 0.3) is 0 Å². The number of likely N-dealkylation sites (tertiary alicyclic amines) is 1. The number of nitrogens with zero attached hydrogens (tertiary/aromatic N) is 2. The van der Waals surface area contributed by atoms with Crippen molar-refractivity contribution in [2.24, 2.45) is 5.92 Å². The molecule has 1 aliphatic rings. The Morgan fingerprint density at radius 1 is 1.62 bits per heavy atom. The van der Waals surface area contributed by atoms with Crippen LogP contribution in [0.1, 0.15) is 18.2 Å². The molecule has 2 rings (SSSR count). The van der Waals surface area contributed by atoms with Crippen LogP contribution in [0.2, 0.25) is 0 Å². The van der Waals surface area contributed by atoms with Gasteiger partial charge in [0.15, 0.2) is 5.78 Å². The van der Waals surface area contributed by atoms with Crippen LogP contribution >= 0.6 is 0 Å². The average Bonchev–Trinajstić information content (AvgIpc) is 2.60. The summed E-state index contributed by atoms with van der Waals surface area (Å²) in [5.74, 6) is -0.694. The van der Waals surface area contributed by atoms with Gasteiger partial charge in [-0.05, 0) is 18.6 Å². The Morgan fingerprint density at radius 2 is 2.38 bits per heavy atom. The molecular weight excluding hydrogens is 199 g/mol. The second-order valence-electron chi connectivity index (χ2n) is 3.71. The molecule has 0 N–H and O–H groups in total. The summed E-state index contributed by atoms with van der Waals surface area (Å²) in [7, 11) is 1.72. The van der Waals surface area contributed by atoms with Crippen LogP contribution in [0, 0.1) is 5.92 Å². The Hall–Kier alpha value is -1.11. The minimum atomic E-state index is -0.501. The summed E-state index contributed by atoms with van der Waals surface area (Å²) in [6.07, 6.45) is 3.73. The van der Waals surface area contributed by atoms with Gasteiger partial charge in [-0.25, -0.2) is 0 Å². The van der Waals surface area contributed by atoms with E-state index in [1.165, 1.54) is 6.20 Å². The summed E-state index contributed by atoms with van der Waals surface area (Å²) in [5.41, 5.74) is 0.520. The van der Waals surface area contributed by atoms with Crippen LogP contribution in [0.3, 0.4) is 0 Å². The molecule has 4 nitrogen and oxygen atoms in total. The normalized spacial score (nSPS) is 19.4. The molecule has 0 bridgehead atoms. The minimum absolute atomic E-state index is 0. The number of hydrogen-bond acceptors (Lipinski definition) is 3. The molecule has 2 heterocycles. The van der Waals surface area contributed by atoms with Gasteiger partial charge in [-0.2, -0.15) is 0 Å². The number of aromatic nitrogens is 1. The van der Waals surface area contributed by atoms with Crippen LogP contribution < -0.4 is 18.9 Å². The molecule has 5 heteroatoms. The number of pyridine rings is 1. The van der Waals surface area contributed by atoms with Gasteiger partial charge < -0.3 is 6.33 Å². The van der Waals surface area contributed by atoms with Gasteiger partial charge in [0.2, 0.25) is 5.91 Å². The van der Waals surface area contributed by atoms with Crippen LogP contribution in [-0.4, -0.2) is 35.2 Å². The first-order chi connectivity index (χ1) is 7.20. The molecule has 0 saturated carbocycles. The maximum atomic E-state index is 11.9. The van der Waals surface area contributed by atoms with Gasteiger partial charge in [-0.15, -0.1) is 0 Å². The summed E-state index contributed by atoms with van der Waals surface area (Å²) in [6.45, 7) is 0.662. The van der Waals surface area contributed by atoms with E-state index in [1.54, 1.807) is 30.3 Å². The number of hydrogen-bond donors (Lipinski definition) is 0. The summed E-state index contributed by atoms with van der Waals surface area (Å²) in [5, 5.41) is 0. The van der Waals surface area contributed by atoms with E-state index < -0.39 is 5.92 Å². The predicted octanol–water partition coefficient (Wildman–Crippen LogP) is -2.14. The maximum absolute atomic E-state index is 11.9. The van der Waals surface area contributed by atoms with Crippen molar-refractivity contribution >= 4 is 11.7 Å². The van der Waals surface area contributed by atoms with Crippen molar-refractivity contribution < 1.29 is 29.9 Å². The minimum Gasteiger partial charge on any atom is -1.00 e. The Bertz CT molecular complexity index is 400. The average molecular weight is 212 g/mol. The maximum Gasteiger partial charge on any atom is 1.00 e. The van der Waals surface area contributed by atoms with Gasteiger partial charge in [-0.1, -0.05) is 0 Å². The Balaban J connectivity index is 0.00000128. The topological polar surface area (TPSA) is 50.3 Å². The Labute approximate surface area is 108 Å². The fourth-order valence-corrected chi connectivity index (χ4v) is 1.78. The first-order valence-corrected chi connectivity index (χ1v) is 4.89. The molecule has 1 aromatic heterocycles. The third kappa shape index (κ3) is 2.34. The van der Waals surface area contributed by atoms with E-state index in [2.05, 4.69) is 4.98 Å². The molecule has 1 atom stereocenters. The fraction of sp³-hybridized carbons (Fsp3) is 0.364. The van der Waals surface area contributed by atoms with Crippen molar-refractivity contribution in [3.8, 4) is 0 Å². The van der Waals surface area contributed by atoms with Gasteiger partial charge in [0.1, 0.15) is 5.92 Å². The quantitative estimate of drug-likeness (QED) is 0.319. The molecule has 1 fully saturated rings. The van der Waals surface area contributed by atoms with Crippen molar-refractivity contribution in [1.29, 1.82) is 0 Å². The van der Waals surface area contributed by atoms with Crippen LogP contribution in [0.4, 0.5) is 0 Å². The van der Waals surface area contributed by atoms with Crippen molar-refractivity contribution in [2.75, 3.05) is 13.6 Å². The second kappa shape index (κ2) is 5.29. The van der Waals surface area contributed by atoms with E-state index >= 15 is 0 Å². The number of carbonyl (C=O) groups excluding carboxylic acids is 2. The molecule has 1 unspecified atom stereocenters.